The van der Waals surface area contributed by atoms with E-state index in [0.717, 1.165) is 46.4 Å². The number of imidazole rings is 2. The molecule has 5 heteroatoms. The maximum absolute atomic E-state index is 13.1. The van der Waals surface area contributed by atoms with Gasteiger partial charge in [-0.2, -0.15) is 0 Å². The molecule has 1 N–H and O–H groups in total. The molecular weight excluding hydrogens is 360 g/mol. The molecule has 0 radical (unpaired) electrons. The quantitative estimate of drug-likeness (QED) is 0.517. The number of benzene rings is 2. The third-order valence-corrected chi connectivity index (χ3v) is 6.19. The van der Waals surface area contributed by atoms with Crippen molar-refractivity contribution in [1.29, 1.82) is 0 Å². The minimum Gasteiger partial charge on any atom is -0.344 e. The molecule has 0 amide bonds. The Kier molecular flexibility index (Phi) is 4.38. The van der Waals surface area contributed by atoms with E-state index in [9.17, 15) is 4.79 Å². The maximum atomic E-state index is 13.1. The van der Waals surface area contributed by atoms with Gasteiger partial charge in [-0.25, -0.2) is 9.78 Å². The topological polar surface area (TPSA) is 55.6 Å². The first-order valence-electron chi connectivity index (χ1n) is 10.5. The molecule has 4 aromatic rings. The lowest BCUT2D eigenvalue weighted by atomic mass is 10.0. The predicted molar refractivity (Wildman–Crippen MR) is 117 cm³/mol. The van der Waals surface area contributed by atoms with Crippen molar-refractivity contribution in [3.63, 3.8) is 0 Å². The van der Waals surface area contributed by atoms with Crippen LogP contribution in [0.15, 0.2) is 53.6 Å². The van der Waals surface area contributed by atoms with E-state index in [1.165, 1.54) is 18.4 Å². The van der Waals surface area contributed by atoms with Crippen LogP contribution in [0, 0.1) is 6.92 Å². The molecule has 29 heavy (non-hydrogen) atoms. The number of hydrogen-bond acceptors (Lipinski definition) is 2. The Morgan fingerprint density at radius 3 is 2.66 bits per heavy atom. The van der Waals surface area contributed by atoms with Crippen LogP contribution in [0.4, 0.5) is 0 Å². The Labute approximate surface area is 170 Å². The van der Waals surface area contributed by atoms with Crippen LogP contribution < -0.4 is 5.69 Å². The Bertz CT molecular complexity index is 1240. The number of nitrogens with one attached hydrogen (secondary N) is 1. The fraction of sp³-hybridized carbons (Fsp3) is 0.333. The highest BCUT2D eigenvalue weighted by molar-refractivity contribution is 5.86. The molecule has 1 fully saturated rings. The van der Waals surface area contributed by atoms with Crippen LogP contribution in [0.3, 0.4) is 0 Å². The molecule has 0 bridgehead atoms. The van der Waals surface area contributed by atoms with Crippen molar-refractivity contribution in [2.24, 2.45) is 0 Å². The smallest absolute Gasteiger partial charge is 0.329 e. The van der Waals surface area contributed by atoms with Gasteiger partial charge in [0.2, 0.25) is 0 Å². The van der Waals surface area contributed by atoms with Crippen LogP contribution in [0.25, 0.3) is 33.5 Å². The summed E-state index contributed by atoms with van der Waals surface area (Å²) in [4.78, 5) is 21.0. The van der Waals surface area contributed by atoms with Gasteiger partial charge in [-0.3, -0.25) is 9.13 Å². The fourth-order valence-electron chi connectivity index (χ4n) is 4.78. The average molecular weight is 386 g/mol. The number of aromatic nitrogens is 4. The minimum absolute atomic E-state index is 0.120. The normalized spacial score (nSPS) is 14.8. The summed E-state index contributed by atoms with van der Waals surface area (Å²) in [5, 5.41) is 0. The Hall–Kier alpha value is -3.08. The van der Waals surface area contributed by atoms with E-state index in [1.54, 1.807) is 6.33 Å². The van der Waals surface area contributed by atoms with Crippen molar-refractivity contribution >= 4 is 11.0 Å². The molecule has 0 spiro atoms. The van der Waals surface area contributed by atoms with Crippen LogP contribution in [-0.4, -0.2) is 19.1 Å². The van der Waals surface area contributed by atoms with Gasteiger partial charge in [-0.1, -0.05) is 42.7 Å². The molecule has 2 aromatic heterocycles. The zero-order valence-electron chi connectivity index (χ0n) is 17.0. The second-order valence-electron chi connectivity index (χ2n) is 8.03. The molecule has 1 saturated carbocycles. The maximum Gasteiger partial charge on any atom is 0.329 e. The summed E-state index contributed by atoms with van der Waals surface area (Å²) in [5.74, 6) is 0. The second kappa shape index (κ2) is 7.07. The minimum atomic E-state index is 0.120. The van der Waals surface area contributed by atoms with Gasteiger partial charge in [0.15, 0.2) is 0 Å². The van der Waals surface area contributed by atoms with Gasteiger partial charge in [0, 0.05) is 23.7 Å². The molecule has 0 atom stereocenters. The molecule has 2 aromatic carbocycles. The van der Waals surface area contributed by atoms with E-state index in [4.69, 9.17) is 0 Å². The summed E-state index contributed by atoms with van der Waals surface area (Å²) in [6.07, 6.45) is 6.36. The standard InChI is InChI=1S/C24H26N4O/c1-3-27-21-14-18(11-12-20(21)28(24(27)29)19-9-4-5-10-19)23-22(25-15-26-23)17-8-6-7-16(2)13-17/h6-8,11-15,19H,3-5,9-10H2,1-2H3,(H,25,26). The van der Waals surface area contributed by atoms with Gasteiger partial charge in [0.25, 0.3) is 0 Å². The number of fused-ring (bicyclic) bond motifs is 1. The Balaban J connectivity index is 1.67. The van der Waals surface area contributed by atoms with Gasteiger partial charge in [-0.15, -0.1) is 0 Å². The average Bonchev–Trinajstić information content (AvgIpc) is 3.46. The monoisotopic (exact) mass is 386 g/mol. The highest BCUT2D eigenvalue weighted by Gasteiger charge is 2.23. The van der Waals surface area contributed by atoms with E-state index in [0.29, 0.717) is 12.6 Å². The van der Waals surface area contributed by atoms with Gasteiger partial charge in [0.05, 0.1) is 28.7 Å². The van der Waals surface area contributed by atoms with E-state index >= 15 is 0 Å². The lowest BCUT2D eigenvalue weighted by Crippen LogP contribution is -2.26. The fourth-order valence-corrected chi connectivity index (χ4v) is 4.78. The summed E-state index contributed by atoms with van der Waals surface area (Å²) in [6, 6.07) is 15.1. The number of hydrogen-bond donors (Lipinski definition) is 1. The van der Waals surface area contributed by atoms with Gasteiger partial charge < -0.3 is 4.98 Å². The third-order valence-electron chi connectivity index (χ3n) is 6.19. The summed E-state index contributed by atoms with van der Waals surface area (Å²) >= 11 is 0. The largest absolute Gasteiger partial charge is 0.344 e. The molecule has 1 aliphatic rings. The highest BCUT2D eigenvalue weighted by Crippen LogP contribution is 2.34. The molecule has 1 aliphatic carbocycles. The van der Waals surface area contributed by atoms with E-state index in [2.05, 4.69) is 59.4 Å². The lowest BCUT2D eigenvalue weighted by molar-refractivity contribution is 0.504. The lowest BCUT2D eigenvalue weighted by Gasteiger charge is -2.11. The molecule has 5 rings (SSSR count). The molecular formula is C24H26N4O. The van der Waals surface area contributed by atoms with Crippen molar-refractivity contribution in [2.45, 2.75) is 52.1 Å². The van der Waals surface area contributed by atoms with Crippen LogP contribution in [0.2, 0.25) is 0 Å². The van der Waals surface area contributed by atoms with E-state index in [-0.39, 0.29) is 5.69 Å². The molecule has 2 heterocycles. The zero-order chi connectivity index (χ0) is 20.0. The van der Waals surface area contributed by atoms with Crippen molar-refractivity contribution in [2.75, 3.05) is 0 Å². The van der Waals surface area contributed by atoms with Crippen LogP contribution in [0.1, 0.15) is 44.2 Å². The number of rotatable bonds is 4. The predicted octanol–water partition coefficient (Wildman–Crippen LogP) is 5.30. The first-order chi connectivity index (χ1) is 14.2. The van der Waals surface area contributed by atoms with Crippen LogP contribution in [0.5, 0.6) is 0 Å². The second-order valence-corrected chi connectivity index (χ2v) is 8.03. The molecule has 148 valence electrons. The summed E-state index contributed by atoms with van der Waals surface area (Å²) in [7, 11) is 0. The van der Waals surface area contributed by atoms with Gasteiger partial charge in [0.1, 0.15) is 0 Å². The summed E-state index contributed by atoms with van der Waals surface area (Å²) in [5.41, 5.74) is 7.45. The van der Waals surface area contributed by atoms with Crippen molar-refractivity contribution in [1.82, 2.24) is 19.1 Å². The van der Waals surface area contributed by atoms with Crippen molar-refractivity contribution < 1.29 is 0 Å². The first kappa shape index (κ1) is 18.0. The third kappa shape index (κ3) is 2.92. The molecule has 0 aliphatic heterocycles. The molecule has 5 nitrogen and oxygen atoms in total. The zero-order valence-corrected chi connectivity index (χ0v) is 17.0. The number of nitrogens with zero attached hydrogens (tertiary/aromatic N) is 3. The van der Waals surface area contributed by atoms with E-state index in [1.807, 2.05) is 16.1 Å². The molecule has 0 unspecified atom stereocenters. The molecule has 0 saturated heterocycles. The Morgan fingerprint density at radius 1 is 1.07 bits per heavy atom. The van der Waals surface area contributed by atoms with Crippen molar-refractivity contribution in [3.05, 3.63) is 64.8 Å². The SMILES string of the molecule is CCn1c(=O)n(C2CCCC2)c2ccc(-c3[nH]cnc3-c3cccc(C)c3)cc21. The van der Waals surface area contributed by atoms with Gasteiger partial charge >= 0.3 is 5.69 Å². The summed E-state index contributed by atoms with van der Waals surface area (Å²) < 4.78 is 3.93. The number of aryl methyl sites for hydroxylation is 2. The van der Waals surface area contributed by atoms with Crippen LogP contribution >= 0.6 is 0 Å². The van der Waals surface area contributed by atoms with Crippen molar-refractivity contribution in [3.8, 4) is 22.5 Å². The number of H-pyrrole nitrogens is 1. The van der Waals surface area contributed by atoms with Crippen LogP contribution in [-0.2, 0) is 6.54 Å². The Morgan fingerprint density at radius 2 is 1.90 bits per heavy atom. The first-order valence-corrected chi connectivity index (χ1v) is 10.5. The van der Waals surface area contributed by atoms with E-state index < -0.39 is 0 Å². The summed E-state index contributed by atoms with van der Waals surface area (Å²) in [6.45, 7) is 4.81. The highest BCUT2D eigenvalue weighted by atomic mass is 16.1. The van der Waals surface area contributed by atoms with Gasteiger partial charge in [-0.05, 0) is 44.9 Å². The number of aromatic amines is 1.